The summed E-state index contributed by atoms with van der Waals surface area (Å²) in [7, 11) is 0. The first kappa shape index (κ1) is 11.0. The second-order valence-corrected chi connectivity index (χ2v) is 2.86. The molecule has 66 valence electrons. The Kier molecular flexibility index (Phi) is 7.36. The lowest BCUT2D eigenvalue weighted by molar-refractivity contribution is 1.36. The lowest BCUT2D eigenvalue weighted by atomic mass is 10.3. The van der Waals surface area contributed by atoms with Gasteiger partial charge in [0.2, 0.25) is 0 Å². The number of rotatable bonds is 4. The normalized spacial score (nSPS) is 11.9. The molecule has 0 bridgehead atoms. The molecular formula is C12H18. The van der Waals surface area contributed by atoms with E-state index in [9.17, 15) is 0 Å². The molecule has 0 nitrogen and oxygen atoms in total. The first-order chi connectivity index (χ1) is 5.77. The van der Waals surface area contributed by atoms with Crippen molar-refractivity contribution < 1.29 is 0 Å². The summed E-state index contributed by atoms with van der Waals surface area (Å²) in [5.41, 5.74) is 1.34. The van der Waals surface area contributed by atoms with Gasteiger partial charge < -0.3 is 0 Å². The summed E-state index contributed by atoms with van der Waals surface area (Å²) in [6, 6.07) is 0. The molecule has 0 saturated heterocycles. The fraction of sp³-hybridized carbons (Fsp3) is 0.333. The van der Waals surface area contributed by atoms with Crippen molar-refractivity contribution >= 4 is 0 Å². The van der Waals surface area contributed by atoms with Crippen molar-refractivity contribution in [3.05, 3.63) is 48.1 Å². The zero-order valence-electron chi connectivity index (χ0n) is 8.25. The van der Waals surface area contributed by atoms with E-state index in [1.165, 1.54) is 5.57 Å². The molecule has 0 saturated carbocycles. The SMILES string of the molecule is CC=CC=CCC=CC=C(C)C. The summed E-state index contributed by atoms with van der Waals surface area (Å²) in [5.74, 6) is 0. The van der Waals surface area contributed by atoms with Crippen LogP contribution in [0.4, 0.5) is 0 Å². The highest BCUT2D eigenvalue weighted by Crippen LogP contribution is 1.92. The Morgan fingerprint density at radius 2 is 1.67 bits per heavy atom. The summed E-state index contributed by atoms with van der Waals surface area (Å²) < 4.78 is 0. The zero-order valence-corrected chi connectivity index (χ0v) is 8.25. The zero-order chi connectivity index (χ0) is 9.23. The van der Waals surface area contributed by atoms with E-state index < -0.39 is 0 Å². The molecular weight excluding hydrogens is 144 g/mol. The van der Waals surface area contributed by atoms with Crippen molar-refractivity contribution in [3.8, 4) is 0 Å². The topological polar surface area (TPSA) is 0 Å². The lowest BCUT2D eigenvalue weighted by Gasteiger charge is -1.82. The van der Waals surface area contributed by atoms with Gasteiger partial charge in [0.05, 0.1) is 0 Å². The van der Waals surface area contributed by atoms with Gasteiger partial charge in [-0.3, -0.25) is 0 Å². The summed E-state index contributed by atoms with van der Waals surface area (Å²) in [6.45, 7) is 6.21. The Hall–Kier alpha value is -1.04. The minimum absolute atomic E-state index is 1.01. The van der Waals surface area contributed by atoms with Crippen molar-refractivity contribution in [2.45, 2.75) is 27.2 Å². The summed E-state index contributed by atoms with van der Waals surface area (Å²) in [6.07, 6.45) is 15.6. The molecule has 0 aliphatic heterocycles. The third-order valence-electron chi connectivity index (χ3n) is 1.28. The molecule has 0 fully saturated rings. The monoisotopic (exact) mass is 162 g/mol. The van der Waals surface area contributed by atoms with Crippen LogP contribution in [0.5, 0.6) is 0 Å². The van der Waals surface area contributed by atoms with Gasteiger partial charge in [0.1, 0.15) is 0 Å². The minimum Gasteiger partial charge on any atom is -0.0877 e. The van der Waals surface area contributed by atoms with Gasteiger partial charge in [0.25, 0.3) is 0 Å². The molecule has 0 N–H and O–H groups in total. The van der Waals surface area contributed by atoms with Crippen molar-refractivity contribution in [1.82, 2.24) is 0 Å². The average Bonchev–Trinajstić information content (AvgIpc) is 2.02. The first-order valence-electron chi connectivity index (χ1n) is 4.35. The van der Waals surface area contributed by atoms with Gasteiger partial charge in [-0.25, -0.2) is 0 Å². The lowest BCUT2D eigenvalue weighted by Crippen LogP contribution is -1.60. The average molecular weight is 162 g/mol. The minimum atomic E-state index is 1.01. The molecule has 0 aromatic heterocycles. The Balaban J connectivity index is 3.55. The maximum Gasteiger partial charge on any atom is -0.0163 e. The van der Waals surface area contributed by atoms with Crippen LogP contribution < -0.4 is 0 Å². The Labute approximate surface area is 76.0 Å². The Bertz CT molecular complexity index is 198. The first-order valence-corrected chi connectivity index (χ1v) is 4.35. The van der Waals surface area contributed by atoms with Crippen molar-refractivity contribution in [2.75, 3.05) is 0 Å². The van der Waals surface area contributed by atoms with Crippen LogP contribution >= 0.6 is 0 Å². The molecule has 0 heterocycles. The van der Waals surface area contributed by atoms with Crippen LogP contribution in [-0.4, -0.2) is 0 Å². The largest absolute Gasteiger partial charge is 0.0877 e. The van der Waals surface area contributed by atoms with E-state index in [4.69, 9.17) is 0 Å². The third-order valence-corrected chi connectivity index (χ3v) is 1.28. The number of hydrogen-bond acceptors (Lipinski definition) is 0. The summed E-state index contributed by atoms with van der Waals surface area (Å²) in [4.78, 5) is 0. The molecule has 0 radical (unpaired) electrons. The number of hydrogen-bond donors (Lipinski definition) is 0. The second-order valence-electron chi connectivity index (χ2n) is 2.86. The molecule has 0 unspecified atom stereocenters. The van der Waals surface area contributed by atoms with Crippen molar-refractivity contribution in [1.29, 1.82) is 0 Å². The maximum absolute atomic E-state index is 2.15. The van der Waals surface area contributed by atoms with Crippen LogP contribution in [0.1, 0.15) is 27.2 Å². The molecule has 0 aromatic carbocycles. The standard InChI is InChI=1S/C12H18/c1-4-5-6-7-8-9-10-11-12(2)3/h4-7,9-11H,8H2,1-3H3. The molecule has 0 aromatic rings. The van der Waals surface area contributed by atoms with Crippen molar-refractivity contribution in [2.24, 2.45) is 0 Å². The third kappa shape index (κ3) is 8.96. The molecule has 0 amide bonds. The van der Waals surface area contributed by atoms with Crippen LogP contribution in [0, 0.1) is 0 Å². The summed E-state index contributed by atoms with van der Waals surface area (Å²) >= 11 is 0. The van der Waals surface area contributed by atoms with Crippen LogP contribution in [0.2, 0.25) is 0 Å². The highest BCUT2D eigenvalue weighted by Gasteiger charge is 1.70. The number of allylic oxidation sites excluding steroid dienone is 8. The quantitative estimate of drug-likeness (QED) is 0.547. The van der Waals surface area contributed by atoms with Gasteiger partial charge in [-0.2, -0.15) is 0 Å². The van der Waals surface area contributed by atoms with Crippen LogP contribution in [0.15, 0.2) is 48.1 Å². The molecule has 0 aliphatic rings. The predicted octanol–water partition coefficient (Wildman–Crippen LogP) is 4.03. The van der Waals surface area contributed by atoms with Crippen LogP contribution in [-0.2, 0) is 0 Å². The fourth-order valence-electron chi connectivity index (χ4n) is 0.686. The van der Waals surface area contributed by atoms with E-state index in [1.54, 1.807) is 0 Å². The second kappa shape index (κ2) is 8.06. The van der Waals surface area contributed by atoms with E-state index in [0.717, 1.165) is 6.42 Å². The van der Waals surface area contributed by atoms with Gasteiger partial charge in [-0.05, 0) is 27.2 Å². The van der Waals surface area contributed by atoms with Gasteiger partial charge >= 0.3 is 0 Å². The van der Waals surface area contributed by atoms with E-state index >= 15 is 0 Å². The predicted molar refractivity (Wildman–Crippen MR) is 57.1 cm³/mol. The highest BCUT2D eigenvalue weighted by molar-refractivity contribution is 5.10. The molecule has 0 heteroatoms. The molecule has 0 spiro atoms. The molecule has 0 rings (SSSR count). The molecule has 0 aliphatic carbocycles. The van der Waals surface area contributed by atoms with E-state index in [-0.39, 0.29) is 0 Å². The highest BCUT2D eigenvalue weighted by atomic mass is 13.8. The van der Waals surface area contributed by atoms with Gasteiger partial charge in [-0.1, -0.05) is 48.1 Å². The summed E-state index contributed by atoms with van der Waals surface area (Å²) in [5, 5.41) is 0. The molecule has 0 atom stereocenters. The van der Waals surface area contributed by atoms with Gasteiger partial charge in [0.15, 0.2) is 0 Å². The van der Waals surface area contributed by atoms with E-state index in [1.807, 2.05) is 19.1 Å². The Morgan fingerprint density at radius 1 is 1.00 bits per heavy atom. The van der Waals surface area contributed by atoms with Gasteiger partial charge in [-0.15, -0.1) is 0 Å². The van der Waals surface area contributed by atoms with Crippen LogP contribution in [0.3, 0.4) is 0 Å². The van der Waals surface area contributed by atoms with E-state index in [2.05, 4.69) is 44.2 Å². The smallest absolute Gasteiger partial charge is 0.0163 e. The van der Waals surface area contributed by atoms with Crippen LogP contribution in [0.25, 0.3) is 0 Å². The molecule has 12 heavy (non-hydrogen) atoms. The van der Waals surface area contributed by atoms with Gasteiger partial charge in [0, 0.05) is 0 Å². The fourth-order valence-corrected chi connectivity index (χ4v) is 0.686. The van der Waals surface area contributed by atoms with Crippen molar-refractivity contribution in [3.63, 3.8) is 0 Å². The van der Waals surface area contributed by atoms with E-state index in [0.29, 0.717) is 0 Å². The Morgan fingerprint density at radius 3 is 2.25 bits per heavy atom. The maximum atomic E-state index is 2.15.